The smallest absolute Gasteiger partial charge is 0.338 e. The molecule has 0 saturated carbocycles. The number of anilines is 1. The number of ether oxygens (including phenoxy) is 2. The van der Waals surface area contributed by atoms with Crippen LogP contribution in [0, 0.1) is 0 Å². The van der Waals surface area contributed by atoms with E-state index in [9.17, 15) is 9.59 Å². The summed E-state index contributed by atoms with van der Waals surface area (Å²) in [6.07, 6.45) is 0.619. The summed E-state index contributed by atoms with van der Waals surface area (Å²) in [5.74, 6) is 0.979. The molecular weight excluding hydrogens is 464 g/mol. The van der Waals surface area contributed by atoms with E-state index in [1.54, 1.807) is 26.2 Å². The molecule has 0 fully saturated rings. The molecular formula is C23H25ClN4O4S. The minimum absolute atomic E-state index is 0.112. The topological polar surface area (TPSA) is 95.3 Å². The second kappa shape index (κ2) is 11.7. The minimum Gasteiger partial charge on any atom is -0.497 e. The molecule has 1 heterocycles. The summed E-state index contributed by atoms with van der Waals surface area (Å²) < 4.78 is 12.2. The van der Waals surface area contributed by atoms with Crippen LogP contribution in [-0.2, 0) is 22.5 Å². The molecule has 0 aliphatic heterocycles. The standard InChI is InChI=1S/C23H25ClN4O4S/c1-4-28-20(12-15-6-9-17(31-3)10-7-15)26-27-23(28)33-14-21(29)25-19-13-16(8-11-18(19)24)22(30)32-5-2/h6-11,13H,4-5,12,14H2,1-3H3,(H,25,29). The van der Waals surface area contributed by atoms with Crippen molar-refractivity contribution in [3.63, 3.8) is 0 Å². The van der Waals surface area contributed by atoms with Gasteiger partial charge in [-0.2, -0.15) is 0 Å². The van der Waals surface area contributed by atoms with Gasteiger partial charge >= 0.3 is 5.97 Å². The zero-order valence-corrected chi connectivity index (χ0v) is 20.2. The summed E-state index contributed by atoms with van der Waals surface area (Å²) in [4.78, 5) is 24.5. The molecule has 0 spiro atoms. The first kappa shape index (κ1) is 24.6. The van der Waals surface area contributed by atoms with Crippen LogP contribution < -0.4 is 10.1 Å². The molecule has 0 bridgehead atoms. The van der Waals surface area contributed by atoms with E-state index in [1.165, 1.54) is 17.8 Å². The van der Waals surface area contributed by atoms with Crippen molar-refractivity contribution in [1.82, 2.24) is 14.8 Å². The van der Waals surface area contributed by atoms with Gasteiger partial charge in [0.25, 0.3) is 0 Å². The van der Waals surface area contributed by atoms with Crippen LogP contribution in [0.3, 0.4) is 0 Å². The van der Waals surface area contributed by atoms with Crippen molar-refractivity contribution >= 4 is 40.9 Å². The molecule has 33 heavy (non-hydrogen) atoms. The SMILES string of the molecule is CCOC(=O)c1ccc(Cl)c(NC(=O)CSc2nnc(Cc3ccc(OC)cc3)n2CC)c1. The fourth-order valence-corrected chi connectivity index (χ4v) is 4.07. The minimum atomic E-state index is -0.473. The molecule has 1 aromatic heterocycles. The van der Waals surface area contributed by atoms with E-state index < -0.39 is 5.97 Å². The van der Waals surface area contributed by atoms with Gasteiger partial charge in [-0.15, -0.1) is 10.2 Å². The number of nitrogens with one attached hydrogen (secondary N) is 1. The van der Waals surface area contributed by atoms with Gasteiger partial charge in [0.15, 0.2) is 5.16 Å². The van der Waals surface area contributed by atoms with Crippen LogP contribution in [0.1, 0.15) is 35.6 Å². The zero-order chi connectivity index (χ0) is 23.8. The fourth-order valence-electron chi connectivity index (χ4n) is 3.08. The number of halogens is 1. The van der Waals surface area contributed by atoms with Gasteiger partial charge in [0.05, 0.1) is 35.7 Å². The fraction of sp³-hybridized carbons (Fsp3) is 0.304. The summed E-state index contributed by atoms with van der Waals surface area (Å²) in [5.41, 5.74) is 1.76. The van der Waals surface area contributed by atoms with E-state index in [0.717, 1.165) is 17.1 Å². The quantitative estimate of drug-likeness (QED) is 0.332. The van der Waals surface area contributed by atoms with E-state index in [4.69, 9.17) is 21.1 Å². The molecule has 0 saturated heterocycles. The first-order valence-corrected chi connectivity index (χ1v) is 11.8. The molecule has 0 atom stereocenters. The molecule has 2 aromatic carbocycles. The number of nitrogens with zero attached hydrogens (tertiary/aromatic N) is 3. The van der Waals surface area contributed by atoms with Gasteiger partial charge in [0, 0.05) is 13.0 Å². The third kappa shape index (κ3) is 6.49. The molecule has 10 heteroatoms. The molecule has 174 valence electrons. The molecule has 3 rings (SSSR count). The van der Waals surface area contributed by atoms with Crippen LogP contribution in [0.15, 0.2) is 47.6 Å². The Kier molecular flexibility index (Phi) is 8.73. The molecule has 0 radical (unpaired) electrons. The van der Waals surface area contributed by atoms with Gasteiger partial charge in [0.1, 0.15) is 11.6 Å². The Hall–Kier alpha value is -3.04. The van der Waals surface area contributed by atoms with Crippen molar-refractivity contribution in [2.24, 2.45) is 0 Å². The maximum Gasteiger partial charge on any atom is 0.338 e. The number of benzene rings is 2. The number of thioether (sulfide) groups is 1. The molecule has 1 amide bonds. The Labute approximate surface area is 201 Å². The van der Waals surface area contributed by atoms with Crippen molar-refractivity contribution in [2.45, 2.75) is 32.0 Å². The van der Waals surface area contributed by atoms with Crippen LogP contribution in [0.5, 0.6) is 5.75 Å². The molecule has 0 aliphatic rings. The Morgan fingerprint density at radius 3 is 2.55 bits per heavy atom. The van der Waals surface area contributed by atoms with E-state index >= 15 is 0 Å². The largest absolute Gasteiger partial charge is 0.497 e. The van der Waals surface area contributed by atoms with Crippen molar-refractivity contribution in [2.75, 3.05) is 24.8 Å². The number of methoxy groups -OCH3 is 1. The lowest BCUT2D eigenvalue weighted by Gasteiger charge is -2.10. The second-order valence-corrected chi connectivity index (χ2v) is 8.27. The summed E-state index contributed by atoms with van der Waals surface area (Å²) in [5, 5.41) is 12.3. The Bertz CT molecular complexity index is 1120. The number of aromatic nitrogens is 3. The predicted molar refractivity (Wildman–Crippen MR) is 128 cm³/mol. The number of rotatable bonds is 10. The molecule has 0 aliphatic carbocycles. The number of carbonyl (C=O) groups excluding carboxylic acids is 2. The lowest BCUT2D eigenvalue weighted by Crippen LogP contribution is -2.16. The van der Waals surface area contributed by atoms with Crippen LogP contribution in [0.2, 0.25) is 5.02 Å². The lowest BCUT2D eigenvalue weighted by molar-refractivity contribution is -0.113. The summed E-state index contributed by atoms with van der Waals surface area (Å²) in [7, 11) is 1.63. The Balaban J connectivity index is 1.63. The molecule has 8 nitrogen and oxygen atoms in total. The van der Waals surface area contributed by atoms with Crippen LogP contribution in [0.4, 0.5) is 5.69 Å². The summed E-state index contributed by atoms with van der Waals surface area (Å²) >= 11 is 7.46. The van der Waals surface area contributed by atoms with Gasteiger partial charge in [-0.05, 0) is 49.7 Å². The van der Waals surface area contributed by atoms with E-state index in [2.05, 4.69) is 15.5 Å². The van der Waals surface area contributed by atoms with Crippen molar-refractivity contribution < 1.29 is 19.1 Å². The number of carbonyl (C=O) groups is 2. The maximum atomic E-state index is 12.5. The van der Waals surface area contributed by atoms with Crippen LogP contribution >= 0.6 is 23.4 Å². The van der Waals surface area contributed by atoms with E-state index in [-0.39, 0.29) is 18.3 Å². The third-order valence-electron chi connectivity index (χ3n) is 4.71. The lowest BCUT2D eigenvalue weighted by atomic mass is 10.1. The molecule has 1 N–H and O–H groups in total. The summed E-state index contributed by atoms with van der Waals surface area (Å²) in [6, 6.07) is 12.4. The monoisotopic (exact) mass is 488 g/mol. The predicted octanol–water partition coefficient (Wildman–Crippen LogP) is 4.46. The van der Waals surface area contributed by atoms with Crippen LogP contribution in [-0.4, -0.2) is 46.1 Å². The van der Waals surface area contributed by atoms with Crippen molar-refractivity contribution in [1.29, 1.82) is 0 Å². The van der Waals surface area contributed by atoms with Gasteiger partial charge in [0.2, 0.25) is 5.91 Å². The third-order valence-corrected chi connectivity index (χ3v) is 6.01. The van der Waals surface area contributed by atoms with Crippen molar-refractivity contribution in [3.8, 4) is 5.75 Å². The highest BCUT2D eigenvalue weighted by Crippen LogP contribution is 2.25. The average molecular weight is 489 g/mol. The van der Waals surface area contributed by atoms with Gasteiger partial charge in [-0.25, -0.2) is 4.79 Å². The second-order valence-electron chi connectivity index (χ2n) is 6.92. The zero-order valence-electron chi connectivity index (χ0n) is 18.6. The van der Waals surface area contributed by atoms with Gasteiger partial charge in [-0.1, -0.05) is 35.5 Å². The Morgan fingerprint density at radius 1 is 1.12 bits per heavy atom. The first-order chi connectivity index (χ1) is 15.9. The molecule has 3 aromatic rings. The highest BCUT2D eigenvalue weighted by atomic mass is 35.5. The number of esters is 1. The average Bonchev–Trinajstić information content (AvgIpc) is 3.21. The number of hydrogen-bond acceptors (Lipinski definition) is 7. The summed E-state index contributed by atoms with van der Waals surface area (Å²) in [6.45, 7) is 4.67. The van der Waals surface area contributed by atoms with E-state index in [0.29, 0.717) is 34.4 Å². The highest BCUT2D eigenvalue weighted by molar-refractivity contribution is 7.99. The number of hydrogen-bond donors (Lipinski definition) is 1. The van der Waals surface area contributed by atoms with Crippen molar-refractivity contribution in [3.05, 3.63) is 64.4 Å². The number of amides is 1. The Morgan fingerprint density at radius 2 is 1.88 bits per heavy atom. The highest BCUT2D eigenvalue weighted by Gasteiger charge is 2.16. The first-order valence-electron chi connectivity index (χ1n) is 10.4. The molecule has 0 unspecified atom stereocenters. The van der Waals surface area contributed by atoms with Gasteiger partial charge in [-0.3, -0.25) is 4.79 Å². The van der Waals surface area contributed by atoms with Crippen LogP contribution in [0.25, 0.3) is 0 Å². The van der Waals surface area contributed by atoms with E-state index in [1.807, 2.05) is 35.8 Å². The normalized spacial score (nSPS) is 10.7. The maximum absolute atomic E-state index is 12.5. The van der Waals surface area contributed by atoms with Gasteiger partial charge < -0.3 is 19.4 Å².